The quantitative estimate of drug-likeness (QED) is 0.249. The summed E-state index contributed by atoms with van der Waals surface area (Å²) in [4.78, 5) is 15.0. The second-order valence-electron chi connectivity index (χ2n) is 9.22. The highest BCUT2D eigenvalue weighted by Gasteiger charge is 2.16. The van der Waals surface area contributed by atoms with Crippen LogP contribution in [0.3, 0.4) is 0 Å². The molecule has 0 atom stereocenters. The molecule has 2 heterocycles. The number of nitrogens with one attached hydrogen (secondary N) is 2. The summed E-state index contributed by atoms with van der Waals surface area (Å²) in [6.45, 7) is 2.09. The Morgan fingerprint density at radius 3 is 2.53 bits per heavy atom. The molecule has 4 N–H and O–H groups in total. The Balaban J connectivity index is 1.42. The van der Waals surface area contributed by atoms with E-state index in [1.807, 2.05) is 30.3 Å². The third-order valence-corrected chi connectivity index (χ3v) is 6.76. The summed E-state index contributed by atoms with van der Waals surface area (Å²) < 4.78 is 6.29. The monoisotopic (exact) mass is 473 g/mol. The van der Waals surface area contributed by atoms with Gasteiger partial charge in [0, 0.05) is 52.0 Å². The van der Waals surface area contributed by atoms with Gasteiger partial charge in [-0.2, -0.15) is 0 Å². The molecule has 5 heteroatoms. The summed E-state index contributed by atoms with van der Waals surface area (Å²) >= 11 is 0. The second-order valence-corrected chi connectivity index (χ2v) is 9.22. The number of aromatic amines is 1. The molecule has 6 aromatic rings. The first kappa shape index (κ1) is 22.1. The smallest absolute Gasteiger partial charge is 0.221 e. The van der Waals surface area contributed by atoms with Crippen LogP contribution in [0, 0.1) is 0 Å². The van der Waals surface area contributed by atoms with Crippen molar-refractivity contribution in [2.24, 2.45) is 5.73 Å². The van der Waals surface area contributed by atoms with Crippen molar-refractivity contribution in [2.45, 2.75) is 19.8 Å². The first-order chi connectivity index (χ1) is 17.6. The molecule has 1 amide bonds. The standard InChI is InChI=1S/C31H27N3O2/c1-19(35)33-22-12-9-20(10-13-22)17-29-24(15-16-32)27-18-21(11-14-28(27)34-29)23-6-4-7-26-25-5-2-3-8-30(25)36-31(23)26/h2-14,18,34H,15-17,32H2,1H3,(H,33,35). The summed E-state index contributed by atoms with van der Waals surface area (Å²) in [6, 6.07) is 29.0. The number of H-pyrrole nitrogens is 1. The molecule has 178 valence electrons. The molecule has 4 aromatic carbocycles. The number of anilines is 1. The minimum absolute atomic E-state index is 0.0715. The normalized spacial score (nSPS) is 11.5. The lowest BCUT2D eigenvalue weighted by atomic mass is 9.98. The molecule has 0 radical (unpaired) electrons. The fourth-order valence-electron chi connectivity index (χ4n) is 5.14. The fourth-order valence-corrected chi connectivity index (χ4v) is 5.14. The zero-order chi connectivity index (χ0) is 24.6. The Bertz CT molecular complexity index is 1720. The van der Waals surface area contributed by atoms with Crippen molar-refractivity contribution in [3.8, 4) is 11.1 Å². The van der Waals surface area contributed by atoms with Crippen molar-refractivity contribution < 1.29 is 9.21 Å². The third-order valence-electron chi connectivity index (χ3n) is 6.76. The summed E-state index contributed by atoms with van der Waals surface area (Å²) in [6.07, 6.45) is 1.55. The molecule has 0 bridgehead atoms. The molecule has 36 heavy (non-hydrogen) atoms. The first-order valence-electron chi connectivity index (χ1n) is 12.2. The van der Waals surface area contributed by atoms with Gasteiger partial charge < -0.3 is 20.5 Å². The second kappa shape index (κ2) is 9.02. The van der Waals surface area contributed by atoms with Crippen LogP contribution in [0.5, 0.6) is 0 Å². The van der Waals surface area contributed by atoms with Crippen molar-refractivity contribution in [1.29, 1.82) is 0 Å². The van der Waals surface area contributed by atoms with Crippen LogP contribution < -0.4 is 11.1 Å². The lowest BCUT2D eigenvalue weighted by molar-refractivity contribution is -0.114. The maximum Gasteiger partial charge on any atom is 0.221 e. The maximum absolute atomic E-state index is 11.3. The topological polar surface area (TPSA) is 84.0 Å². The van der Waals surface area contributed by atoms with E-state index in [-0.39, 0.29) is 5.91 Å². The van der Waals surface area contributed by atoms with Gasteiger partial charge in [0.25, 0.3) is 0 Å². The number of rotatable bonds is 6. The van der Waals surface area contributed by atoms with Gasteiger partial charge in [-0.3, -0.25) is 4.79 Å². The Kier molecular flexibility index (Phi) is 5.55. The number of nitrogens with two attached hydrogens (primary N) is 1. The van der Waals surface area contributed by atoms with Gasteiger partial charge in [-0.25, -0.2) is 0 Å². The largest absolute Gasteiger partial charge is 0.455 e. The Morgan fingerprint density at radius 2 is 1.72 bits per heavy atom. The number of hydrogen-bond acceptors (Lipinski definition) is 3. The van der Waals surface area contributed by atoms with E-state index in [1.54, 1.807) is 0 Å². The number of hydrogen-bond donors (Lipinski definition) is 3. The van der Waals surface area contributed by atoms with Gasteiger partial charge in [-0.1, -0.05) is 54.6 Å². The van der Waals surface area contributed by atoms with E-state index in [2.05, 4.69) is 64.9 Å². The molecule has 6 rings (SSSR count). The zero-order valence-corrected chi connectivity index (χ0v) is 20.1. The van der Waals surface area contributed by atoms with Gasteiger partial charge in [0.05, 0.1) is 0 Å². The van der Waals surface area contributed by atoms with Crippen LogP contribution in [0.2, 0.25) is 0 Å². The molecule has 0 unspecified atom stereocenters. The number of amides is 1. The third kappa shape index (κ3) is 3.93. The predicted octanol–water partition coefficient (Wildman–Crippen LogP) is 6.78. The molecule has 0 aliphatic carbocycles. The first-order valence-corrected chi connectivity index (χ1v) is 12.2. The predicted molar refractivity (Wildman–Crippen MR) is 147 cm³/mol. The average Bonchev–Trinajstić information content (AvgIpc) is 3.43. The molecule has 0 saturated heterocycles. The minimum atomic E-state index is -0.0715. The lowest BCUT2D eigenvalue weighted by Crippen LogP contribution is -2.06. The summed E-state index contributed by atoms with van der Waals surface area (Å²) in [5.74, 6) is -0.0715. The number of carbonyl (C=O) groups excluding carboxylic acids is 1. The number of para-hydroxylation sites is 2. The van der Waals surface area contributed by atoms with Crippen molar-refractivity contribution >= 4 is 44.4 Å². The molecule has 0 aliphatic rings. The van der Waals surface area contributed by atoms with E-state index >= 15 is 0 Å². The van der Waals surface area contributed by atoms with Gasteiger partial charge in [0.15, 0.2) is 0 Å². The van der Waals surface area contributed by atoms with Crippen LogP contribution in [0.25, 0.3) is 44.0 Å². The molecule has 0 aliphatic heterocycles. The Hall–Kier alpha value is -4.35. The van der Waals surface area contributed by atoms with Crippen LogP contribution in [0.1, 0.15) is 23.7 Å². The van der Waals surface area contributed by atoms with E-state index in [4.69, 9.17) is 10.2 Å². The number of carbonyl (C=O) groups is 1. The molecular weight excluding hydrogens is 446 g/mol. The number of benzene rings is 4. The van der Waals surface area contributed by atoms with E-state index in [1.165, 1.54) is 29.1 Å². The maximum atomic E-state index is 11.3. The lowest BCUT2D eigenvalue weighted by Gasteiger charge is -2.07. The molecule has 2 aromatic heterocycles. The van der Waals surface area contributed by atoms with E-state index < -0.39 is 0 Å². The summed E-state index contributed by atoms with van der Waals surface area (Å²) in [7, 11) is 0. The molecular formula is C31H27N3O2. The van der Waals surface area contributed by atoms with Gasteiger partial charge in [0.2, 0.25) is 5.91 Å². The van der Waals surface area contributed by atoms with Crippen LogP contribution >= 0.6 is 0 Å². The molecule has 0 spiro atoms. The SMILES string of the molecule is CC(=O)Nc1ccc(Cc2[nH]c3ccc(-c4cccc5c4oc4ccccc45)cc3c2CCN)cc1. The van der Waals surface area contributed by atoms with Crippen molar-refractivity contribution in [3.05, 3.63) is 102 Å². The van der Waals surface area contributed by atoms with Gasteiger partial charge in [0.1, 0.15) is 11.2 Å². The Labute approximate surface area is 208 Å². The highest BCUT2D eigenvalue weighted by molar-refractivity contribution is 6.10. The summed E-state index contributed by atoms with van der Waals surface area (Å²) in [5.41, 5.74) is 15.5. The van der Waals surface area contributed by atoms with E-state index in [0.717, 1.165) is 57.1 Å². The highest BCUT2D eigenvalue weighted by atomic mass is 16.3. The van der Waals surface area contributed by atoms with Gasteiger partial charge >= 0.3 is 0 Å². The van der Waals surface area contributed by atoms with Crippen LogP contribution in [0.15, 0.2) is 89.3 Å². The van der Waals surface area contributed by atoms with Crippen molar-refractivity contribution in [2.75, 3.05) is 11.9 Å². The summed E-state index contributed by atoms with van der Waals surface area (Å²) in [5, 5.41) is 6.27. The highest BCUT2D eigenvalue weighted by Crippen LogP contribution is 2.37. The zero-order valence-electron chi connectivity index (χ0n) is 20.1. The average molecular weight is 474 g/mol. The number of aromatic nitrogens is 1. The number of fused-ring (bicyclic) bond motifs is 4. The van der Waals surface area contributed by atoms with Crippen LogP contribution in [0.4, 0.5) is 5.69 Å². The van der Waals surface area contributed by atoms with Crippen molar-refractivity contribution in [1.82, 2.24) is 4.98 Å². The van der Waals surface area contributed by atoms with Gasteiger partial charge in [-0.15, -0.1) is 0 Å². The Morgan fingerprint density at radius 1 is 0.917 bits per heavy atom. The van der Waals surface area contributed by atoms with Gasteiger partial charge in [-0.05, 0) is 60.0 Å². The number of furan rings is 1. The molecule has 0 fully saturated rings. The minimum Gasteiger partial charge on any atom is -0.455 e. The van der Waals surface area contributed by atoms with Crippen molar-refractivity contribution in [3.63, 3.8) is 0 Å². The van der Waals surface area contributed by atoms with E-state index in [0.29, 0.717) is 6.54 Å². The van der Waals surface area contributed by atoms with Crippen LogP contribution in [-0.2, 0) is 17.6 Å². The fraction of sp³-hybridized carbons (Fsp3) is 0.129. The van der Waals surface area contributed by atoms with E-state index in [9.17, 15) is 4.79 Å². The molecule has 5 nitrogen and oxygen atoms in total. The molecule has 0 saturated carbocycles. The van der Waals surface area contributed by atoms with Crippen LogP contribution in [-0.4, -0.2) is 17.4 Å².